The van der Waals surface area contributed by atoms with E-state index in [1.165, 1.54) is 25.3 Å². The predicted molar refractivity (Wildman–Crippen MR) is 57.9 cm³/mol. The molecule has 1 amide bonds. The molecule has 0 fully saturated rings. The highest BCUT2D eigenvalue weighted by atomic mass is 19.3. The van der Waals surface area contributed by atoms with E-state index in [1.54, 1.807) is 6.07 Å². The molecular formula is C11H11F2NO3. The second-order valence-corrected chi connectivity index (χ2v) is 3.02. The molecule has 17 heavy (non-hydrogen) atoms. The molecule has 0 bridgehead atoms. The van der Waals surface area contributed by atoms with Gasteiger partial charge in [-0.15, -0.1) is 0 Å². The Bertz CT molecular complexity index is 433. The Morgan fingerprint density at radius 1 is 1.41 bits per heavy atom. The van der Waals surface area contributed by atoms with E-state index in [9.17, 15) is 13.6 Å². The summed E-state index contributed by atoms with van der Waals surface area (Å²) in [5, 5.41) is 0. The summed E-state index contributed by atoms with van der Waals surface area (Å²) in [6.45, 7) is -2.95. The molecule has 0 radical (unpaired) electrons. The minimum absolute atomic E-state index is 0.103. The second kappa shape index (κ2) is 5.83. The van der Waals surface area contributed by atoms with Gasteiger partial charge in [0.15, 0.2) is 11.5 Å². The van der Waals surface area contributed by atoms with Gasteiger partial charge in [-0.05, 0) is 23.8 Å². The Hall–Kier alpha value is -2.11. The van der Waals surface area contributed by atoms with Gasteiger partial charge in [0, 0.05) is 6.08 Å². The van der Waals surface area contributed by atoms with Crippen LogP contribution in [0.2, 0.25) is 0 Å². The van der Waals surface area contributed by atoms with Crippen molar-refractivity contribution in [3.8, 4) is 11.5 Å². The number of rotatable bonds is 5. The molecule has 0 saturated heterocycles. The number of carbonyl (C=O) groups is 1. The summed E-state index contributed by atoms with van der Waals surface area (Å²) in [6.07, 6.45) is 2.51. The molecule has 0 aromatic heterocycles. The molecule has 0 spiro atoms. The predicted octanol–water partition coefficient (Wildman–Crippen LogP) is 1.80. The Morgan fingerprint density at radius 2 is 2.12 bits per heavy atom. The van der Waals surface area contributed by atoms with Crippen molar-refractivity contribution < 1.29 is 23.0 Å². The number of benzene rings is 1. The lowest BCUT2D eigenvalue weighted by Gasteiger charge is -2.10. The lowest BCUT2D eigenvalue weighted by atomic mass is 10.2. The van der Waals surface area contributed by atoms with Crippen LogP contribution in [0.3, 0.4) is 0 Å². The number of amides is 1. The number of primary amides is 1. The van der Waals surface area contributed by atoms with Gasteiger partial charge in [-0.2, -0.15) is 8.78 Å². The van der Waals surface area contributed by atoms with Crippen LogP contribution in [0.15, 0.2) is 24.3 Å². The van der Waals surface area contributed by atoms with Gasteiger partial charge in [-0.3, -0.25) is 4.79 Å². The first-order chi connectivity index (χ1) is 8.02. The highest BCUT2D eigenvalue weighted by Crippen LogP contribution is 2.29. The van der Waals surface area contributed by atoms with Crippen molar-refractivity contribution in [2.75, 3.05) is 7.11 Å². The Labute approximate surface area is 96.6 Å². The standard InChI is InChI=1S/C11H11F2NO3/c1-16-8-4-2-7(3-5-10(14)15)6-9(8)17-11(12)13/h2-6,11H,1H3,(H2,14,15)/b5-3-. The molecular weight excluding hydrogens is 232 g/mol. The van der Waals surface area contributed by atoms with E-state index in [4.69, 9.17) is 10.5 Å². The third-order valence-corrected chi connectivity index (χ3v) is 1.84. The largest absolute Gasteiger partial charge is 0.493 e. The zero-order chi connectivity index (χ0) is 12.8. The van der Waals surface area contributed by atoms with Crippen molar-refractivity contribution in [1.82, 2.24) is 0 Å². The third-order valence-electron chi connectivity index (χ3n) is 1.84. The van der Waals surface area contributed by atoms with Gasteiger partial charge in [0.2, 0.25) is 5.91 Å². The van der Waals surface area contributed by atoms with E-state index in [-0.39, 0.29) is 11.5 Å². The number of ether oxygens (including phenoxy) is 2. The van der Waals surface area contributed by atoms with Crippen molar-refractivity contribution in [3.63, 3.8) is 0 Å². The van der Waals surface area contributed by atoms with Crippen molar-refractivity contribution in [3.05, 3.63) is 29.8 Å². The first kappa shape index (κ1) is 13.0. The normalized spacial score (nSPS) is 10.8. The number of hydrogen-bond acceptors (Lipinski definition) is 3. The molecule has 92 valence electrons. The van der Waals surface area contributed by atoms with Crippen LogP contribution < -0.4 is 15.2 Å². The molecule has 0 aliphatic carbocycles. The maximum Gasteiger partial charge on any atom is 0.387 e. The van der Waals surface area contributed by atoms with Crippen molar-refractivity contribution in [2.24, 2.45) is 5.73 Å². The smallest absolute Gasteiger partial charge is 0.387 e. The molecule has 6 heteroatoms. The van der Waals surface area contributed by atoms with Gasteiger partial charge in [0.05, 0.1) is 7.11 Å². The SMILES string of the molecule is COc1ccc(/C=C\C(N)=O)cc1OC(F)F. The van der Waals surface area contributed by atoms with Crippen LogP contribution in [0.5, 0.6) is 11.5 Å². The van der Waals surface area contributed by atoms with Crippen molar-refractivity contribution in [1.29, 1.82) is 0 Å². The lowest BCUT2D eigenvalue weighted by Crippen LogP contribution is -2.05. The summed E-state index contributed by atoms with van der Waals surface area (Å²) in [5.74, 6) is -0.548. The van der Waals surface area contributed by atoms with Gasteiger partial charge in [-0.25, -0.2) is 0 Å². The van der Waals surface area contributed by atoms with Crippen LogP contribution in [0.25, 0.3) is 6.08 Å². The highest BCUT2D eigenvalue weighted by Gasteiger charge is 2.10. The maximum absolute atomic E-state index is 12.1. The first-order valence-electron chi connectivity index (χ1n) is 4.63. The van der Waals surface area contributed by atoms with Gasteiger partial charge >= 0.3 is 6.61 Å². The summed E-state index contributed by atoms with van der Waals surface area (Å²) in [4.78, 5) is 10.5. The van der Waals surface area contributed by atoms with E-state index in [2.05, 4.69) is 4.74 Å². The third kappa shape index (κ3) is 4.10. The van der Waals surface area contributed by atoms with E-state index in [0.29, 0.717) is 5.56 Å². The number of carbonyl (C=O) groups excluding carboxylic acids is 1. The maximum atomic E-state index is 12.1. The molecule has 0 heterocycles. The summed E-state index contributed by atoms with van der Waals surface area (Å²) >= 11 is 0. The summed E-state index contributed by atoms with van der Waals surface area (Å²) in [7, 11) is 1.34. The minimum atomic E-state index is -2.95. The Kier molecular flexibility index (Phi) is 4.45. The Balaban J connectivity index is 2.99. The summed E-state index contributed by atoms with van der Waals surface area (Å²) < 4.78 is 33.4. The number of methoxy groups -OCH3 is 1. The number of alkyl halides is 2. The molecule has 4 nitrogen and oxygen atoms in total. The lowest BCUT2D eigenvalue weighted by molar-refractivity contribution is -0.113. The van der Waals surface area contributed by atoms with Gasteiger partial charge in [-0.1, -0.05) is 6.07 Å². The zero-order valence-corrected chi connectivity index (χ0v) is 9.02. The molecule has 0 aliphatic rings. The average Bonchev–Trinajstić information content (AvgIpc) is 2.25. The molecule has 0 aliphatic heterocycles. The zero-order valence-electron chi connectivity index (χ0n) is 9.02. The summed E-state index contributed by atoms with van der Waals surface area (Å²) in [6, 6.07) is 4.36. The fourth-order valence-corrected chi connectivity index (χ4v) is 1.16. The van der Waals surface area contributed by atoms with Crippen LogP contribution in [-0.4, -0.2) is 19.6 Å². The van der Waals surface area contributed by atoms with Crippen LogP contribution in [0, 0.1) is 0 Å². The minimum Gasteiger partial charge on any atom is -0.493 e. The van der Waals surface area contributed by atoms with Crippen LogP contribution in [0.4, 0.5) is 8.78 Å². The van der Waals surface area contributed by atoms with E-state index in [1.807, 2.05) is 0 Å². The second-order valence-electron chi connectivity index (χ2n) is 3.02. The molecule has 0 atom stereocenters. The molecule has 1 rings (SSSR count). The van der Waals surface area contributed by atoms with Gasteiger partial charge < -0.3 is 15.2 Å². The molecule has 1 aromatic rings. The topological polar surface area (TPSA) is 61.5 Å². The van der Waals surface area contributed by atoms with E-state index in [0.717, 1.165) is 6.08 Å². The van der Waals surface area contributed by atoms with Crippen molar-refractivity contribution in [2.45, 2.75) is 6.61 Å². The fraction of sp³-hybridized carbons (Fsp3) is 0.182. The summed E-state index contributed by atoms with van der Waals surface area (Å²) in [5.41, 5.74) is 5.41. The Morgan fingerprint density at radius 3 is 2.65 bits per heavy atom. The van der Waals surface area contributed by atoms with E-state index < -0.39 is 12.5 Å². The van der Waals surface area contributed by atoms with Crippen LogP contribution in [-0.2, 0) is 4.79 Å². The quantitative estimate of drug-likeness (QED) is 0.802. The number of hydrogen-bond donors (Lipinski definition) is 1. The molecule has 2 N–H and O–H groups in total. The first-order valence-corrected chi connectivity index (χ1v) is 4.63. The fourth-order valence-electron chi connectivity index (χ4n) is 1.16. The number of halogens is 2. The average molecular weight is 243 g/mol. The van der Waals surface area contributed by atoms with E-state index >= 15 is 0 Å². The molecule has 0 unspecified atom stereocenters. The molecule has 1 aromatic carbocycles. The van der Waals surface area contributed by atoms with Gasteiger partial charge in [0.25, 0.3) is 0 Å². The number of nitrogens with two attached hydrogens (primary N) is 1. The monoisotopic (exact) mass is 243 g/mol. The van der Waals surface area contributed by atoms with Crippen molar-refractivity contribution >= 4 is 12.0 Å². The molecule has 0 saturated carbocycles. The highest BCUT2D eigenvalue weighted by molar-refractivity contribution is 5.90. The van der Waals surface area contributed by atoms with Crippen LogP contribution >= 0.6 is 0 Å². The van der Waals surface area contributed by atoms with Gasteiger partial charge in [0.1, 0.15) is 0 Å². The van der Waals surface area contributed by atoms with Crippen LogP contribution in [0.1, 0.15) is 5.56 Å².